The van der Waals surface area contributed by atoms with E-state index in [1.165, 1.54) is 6.92 Å². The summed E-state index contributed by atoms with van der Waals surface area (Å²) in [6.07, 6.45) is -8.26. The predicted molar refractivity (Wildman–Crippen MR) is 107 cm³/mol. The van der Waals surface area contributed by atoms with E-state index in [0.717, 1.165) is 6.92 Å². The topological polar surface area (TPSA) is 60.4 Å². The molecule has 2 unspecified atom stereocenters. The third-order valence-electron chi connectivity index (χ3n) is 5.86. The van der Waals surface area contributed by atoms with Crippen LogP contribution in [0.1, 0.15) is 33.1 Å². The molecule has 23 heteroatoms. The van der Waals surface area contributed by atoms with Crippen LogP contribution in [0.15, 0.2) is 0 Å². The van der Waals surface area contributed by atoms with Gasteiger partial charge in [0.1, 0.15) is 5.78 Å². The maximum absolute atomic E-state index is 14.4. The molecule has 0 aliphatic carbocycles. The van der Waals surface area contributed by atoms with E-state index in [-0.39, 0.29) is 12.8 Å². The Bertz CT molecular complexity index is 1090. The van der Waals surface area contributed by atoms with Crippen molar-refractivity contribution in [3.8, 4) is 0 Å². The summed E-state index contributed by atoms with van der Waals surface area (Å²) in [5, 5.41) is -7.75. The van der Waals surface area contributed by atoms with Crippen LogP contribution in [0.2, 0.25) is 0 Å². The molecule has 0 radical (unpaired) electrons. The second kappa shape index (κ2) is 10.7. The molecule has 1 aliphatic heterocycles. The molecule has 1 aliphatic rings. The molecule has 0 N–H and O–H groups in total. The molecule has 1 fully saturated rings. The first-order chi connectivity index (χ1) is 17.8. The van der Waals surface area contributed by atoms with Crippen LogP contribution in [0.25, 0.3) is 0 Å². The number of alkyl halides is 17. The van der Waals surface area contributed by atoms with Crippen molar-refractivity contribution < 1.29 is 91.5 Å². The first-order valence-electron chi connectivity index (χ1n) is 10.7. The Labute approximate surface area is 221 Å². The quantitative estimate of drug-likeness (QED) is 0.201. The van der Waals surface area contributed by atoms with Crippen LogP contribution in [-0.4, -0.2) is 78.4 Å². The molecule has 0 saturated carbocycles. The summed E-state index contributed by atoms with van der Waals surface area (Å²) in [4.78, 5) is 11.9. The fourth-order valence-corrected chi connectivity index (χ4v) is 9.64. The Morgan fingerprint density at radius 1 is 0.732 bits per heavy atom. The first-order valence-corrected chi connectivity index (χ1v) is 14.2. The lowest BCUT2D eigenvalue weighted by molar-refractivity contribution is -0.458. The number of carbonyl (C=O) groups excluding carboxylic acids is 1. The molecular weight excluding hydrogens is 667 g/mol. The zero-order valence-electron chi connectivity index (χ0n) is 20.2. The molecule has 246 valence electrons. The second-order valence-electron chi connectivity index (χ2n) is 9.10. The number of halogens is 17. The Kier molecular flexibility index (Phi) is 9.88. The zero-order chi connectivity index (χ0) is 33.1. The Morgan fingerprint density at radius 3 is 1.49 bits per heavy atom. The number of hydrogen-bond donors (Lipinski definition) is 0. The highest BCUT2D eigenvalue weighted by Crippen LogP contribution is 2.65. The molecule has 1 rings (SSSR count). The fourth-order valence-electron chi connectivity index (χ4n) is 3.53. The summed E-state index contributed by atoms with van der Waals surface area (Å²) < 4.78 is 258. The van der Waals surface area contributed by atoms with Gasteiger partial charge < -0.3 is 0 Å². The molecule has 2 atom stereocenters. The third-order valence-corrected chi connectivity index (χ3v) is 11.7. The van der Waals surface area contributed by atoms with Gasteiger partial charge in [0.2, 0.25) is 0 Å². The smallest absolute Gasteiger partial charge is 0.299 e. The maximum atomic E-state index is 14.4. The van der Waals surface area contributed by atoms with Crippen LogP contribution in [0.3, 0.4) is 0 Å². The molecule has 4 nitrogen and oxygen atoms in total. The molecular formula is C18H19F17O4S2. The zero-order valence-corrected chi connectivity index (χ0v) is 21.8. The predicted octanol–water partition coefficient (Wildman–Crippen LogP) is 7.43. The standard InChI is InChI=1S/C18H19F17O4S2/c1-3-10(36)8-40(6-4-5-9(2)7-40)39-41(37,38)18(34,35)16(29,30)14(25,26)12(21,22)11(19,20)13(23,24)15(27,28)17(31,32)33/h9H,3-8H2,1-2H3. The van der Waals surface area contributed by atoms with Crippen molar-refractivity contribution >= 4 is 26.2 Å². The van der Waals surface area contributed by atoms with Crippen molar-refractivity contribution in [2.75, 3.05) is 17.3 Å². The van der Waals surface area contributed by atoms with E-state index in [4.69, 9.17) is 0 Å². The summed E-state index contributed by atoms with van der Waals surface area (Å²) in [5.74, 6) is -56.0. The average molecular weight is 686 g/mol. The Balaban J connectivity index is 3.73. The van der Waals surface area contributed by atoms with Crippen molar-refractivity contribution in [1.29, 1.82) is 0 Å². The van der Waals surface area contributed by atoms with Gasteiger partial charge in [-0.15, -0.1) is 10.3 Å². The van der Waals surface area contributed by atoms with Crippen LogP contribution in [0, 0.1) is 5.92 Å². The molecule has 0 aromatic rings. The lowest BCUT2D eigenvalue weighted by atomic mass is 9.91. The second-order valence-corrected chi connectivity index (χ2v) is 14.0. The minimum Gasteiger partial charge on any atom is -0.299 e. The van der Waals surface area contributed by atoms with Gasteiger partial charge in [-0.2, -0.15) is 83.1 Å². The Morgan fingerprint density at radius 2 is 1.12 bits per heavy atom. The molecule has 1 heterocycles. The van der Waals surface area contributed by atoms with E-state index in [1.54, 1.807) is 0 Å². The van der Waals surface area contributed by atoms with Crippen LogP contribution in [0.5, 0.6) is 0 Å². The number of carbonyl (C=O) groups is 1. The number of Topliss-reactive ketones (excluding diaryl/α,β-unsaturated/α-hetero) is 1. The maximum Gasteiger partial charge on any atom is 0.460 e. The number of rotatable bonds is 12. The molecule has 41 heavy (non-hydrogen) atoms. The van der Waals surface area contributed by atoms with Gasteiger partial charge in [-0.05, 0) is 18.8 Å². The van der Waals surface area contributed by atoms with Crippen molar-refractivity contribution in [3.05, 3.63) is 0 Å². The normalized spacial score (nSPS) is 24.6. The highest BCUT2D eigenvalue weighted by atomic mass is 32.3. The van der Waals surface area contributed by atoms with Gasteiger partial charge in [0, 0.05) is 17.9 Å². The van der Waals surface area contributed by atoms with E-state index >= 15 is 0 Å². The van der Waals surface area contributed by atoms with Gasteiger partial charge in [0.25, 0.3) is 0 Å². The summed E-state index contributed by atoms with van der Waals surface area (Å²) in [6.45, 7) is 2.47. The highest BCUT2D eigenvalue weighted by Gasteiger charge is 2.96. The monoisotopic (exact) mass is 686 g/mol. The first kappa shape index (κ1) is 37.8. The minimum atomic E-state index is -8.91. The van der Waals surface area contributed by atoms with Crippen molar-refractivity contribution in [2.45, 2.75) is 80.1 Å². The van der Waals surface area contributed by atoms with E-state index in [2.05, 4.69) is 3.63 Å². The van der Waals surface area contributed by atoms with Crippen molar-refractivity contribution in [2.24, 2.45) is 5.92 Å². The summed E-state index contributed by atoms with van der Waals surface area (Å²) >= 11 is 0. The SMILES string of the molecule is CCC(=O)CS1(OS(=O)(=O)C(F)(F)C(F)(F)C(F)(F)C(F)(F)C(F)(F)C(F)(F)C(F)(F)C(F)(F)F)CCCC(C)C1. The van der Waals surface area contributed by atoms with Gasteiger partial charge in [0.15, 0.2) is 0 Å². The lowest BCUT2D eigenvalue weighted by Gasteiger charge is -2.45. The summed E-state index contributed by atoms with van der Waals surface area (Å²) in [7, 11) is -11.5. The lowest BCUT2D eigenvalue weighted by Crippen LogP contribution is -2.75. The van der Waals surface area contributed by atoms with Gasteiger partial charge in [-0.25, -0.2) is 3.63 Å². The number of hydrogen-bond acceptors (Lipinski definition) is 4. The third kappa shape index (κ3) is 5.70. The van der Waals surface area contributed by atoms with Crippen molar-refractivity contribution in [3.63, 3.8) is 0 Å². The molecule has 0 aromatic heterocycles. The van der Waals surface area contributed by atoms with Crippen LogP contribution < -0.4 is 0 Å². The van der Waals surface area contributed by atoms with Crippen LogP contribution in [0.4, 0.5) is 74.6 Å². The fraction of sp³-hybridized carbons (Fsp3) is 0.944. The molecule has 0 aromatic carbocycles. The molecule has 1 saturated heterocycles. The van der Waals surface area contributed by atoms with Crippen molar-refractivity contribution in [1.82, 2.24) is 0 Å². The summed E-state index contributed by atoms with van der Waals surface area (Å²) in [5.41, 5.74) is 0. The van der Waals surface area contributed by atoms with E-state index < -0.39 is 103 Å². The minimum absolute atomic E-state index is 0.131. The van der Waals surface area contributed by atoms with Gasteiger partial charge in [0.05, 0.1) is 5.75 Å². The van der Waals surface area contributed by atoms with Gasteiger partial charge >= 0.3 is 57.1 Å². The molecule has 0 amide bonds. The summed E-state index contributed by atoms with van der Waals surface area (Å²) in [6, 6.07) is 0. The van der Waals surface area contributed by atoms with E-state index in [9.17, 15) is 87.8 Å². The largest absolute Gasteiger partial charge is 0.460 e. The van der Waals surface area contributed by atoms with Gasteiger partial charge in [-0.1, -0.05) is 13.8 Å². The number of ketones is 1. The van der Waals surface area contributed by atoms with E-state index in [1.807, 2.05) is 0 Å². The van der Waals surface area contributed by atoms with Gasteiger partial charge in [-0.3, -0.25) is 4.79 Å². The average Bonchev–Trinajstić information content (AvgIpc) is 2.76. The molecule has 0 spiro atoms. The van der Waals surface area contributed by atoms with E-state index in [0.29, 0.717) is 0 Å². The Hall–Kier alpha value is -1.26. The highest BCUT2D eigenvalue weighted by molar-refractivity contribution is 8.33. The van der Waals surface area contributed by atoms with Crippen LogP contribution >= 0.6 is 10.3 Å². The molecule has 0 bridgehead atoms. The van der Waals surface area contributed by atoms with Crippen LogP contribution in [-0.2, 0) is 18.5 Å².